The summed E-state index contributed by atoms with van der Waals surface area (Å²) in [7, 11) is 0. The highest BCUT2D eigenvalue weighted by atomic mass is 35.5. The Hall–Kier alpha value is -4.70. The van der Waals surface area contributed by atoms with E-state index >= 15 is 0 Å². The van der Waals surface area contributed by atoms with E-state index in [-0.39, 0.29) is 0 Å². The molecule has 0 aliphatic rings. The van der Waals surface area contributed by atoms with Gasteiger partial charge in [0, 0.05) is 54.2 Å². The van der Waals surface area contributed by atoms with Gasteiger partial charge in [0.1, 0.15) is 0 Å². The van der Waals surface area contributed by atoms with Crippen LogP contribution in [0.15, 0.2) is 170 Å². The van der Waals surface area contributed by atoms with Crippen molar-refractivity contribution in [2.45, 2.75) is 0 Å². The largest absolute Gasteiger partial charge is 0.311 e. The van der Waals surface area contributed by atoms with Crippen LogP contribution in [0.25, 0.3) is 22.3 Å². The molecule has 0 bridgehead atoms. The number of hydrogen-bond acceptors (Lipinski definition) is 2. The first-order chi connectivity index (χ1) is 23.4. The second-order valence-corrected chi connectivity index (χ2v) is 13.0. The molecule has 234 valence electrons. The van der Waals surface area contributed by atoms with Gasteiger partial charge in [0.2, 0.25) is 0 Å². The summed E-state index contributed by atoms with van der Waals surface area (Å²) in [5.74, 6) is 0. The molecule has 0 saturated carbocycles. The Kier molecular flexibility index (Phi) is 9.43. The molecular formula is C42H28Cl4N2. The lowest BCUT2D eigenvalue weighted by Gasteiger charge is -2.26. The van der Waals surface area contributed by atoms with Gasteiger partial charge < -0.3 is 9.80 Å². The van der Waals surface area contributed by atoms with Gasteiger partial charge in [0.25, 0.3) is 0 Å². The lowest BCUT2D eigenvalue weighted by atomic mass is 9.99. The number of nitrogens with zero attached hydrogens (tertiary/aromatic N) is 2. The maximum absolute atomic E-state index is 6.20. The quantitative estimate of drug-likeness (QED) is 0.156. The van der Waals surface area contributed by atoms with E-state index in [4.69, 9.17) is 46.4 Å². The summed E-state index contributed by atoms with van der Waals surface area (Å²) in [5, 5.41) is 2.79. The van der Waals surface area contributed by atoms with Gasteiger partial charge in [0.05, 0.1) is 0 Å². The van der Waals surface area contributed by atoms with Gasteiger partial charge in [-0.05, 0) is 144 Å². The number of halogens is 4. The minimum atomic E-state index is 0.697. The van der Waals surface area contributed by atoms with Crippen molar-refractivity contribution in [2.24, 2.45) is 0 Å². The summed E-state index contributed by atoms with van der Waals surface area (Å²) >= 11 is 24.8. The fraction of sp³-hybridized carbons (Fsp3) is 0. The van der Waals surface area contributed by atoms with Gasteiger partial charge >= 0.3 is 0 Å². The van der Waals surface area contributed by atoms with Crippen molar-refractivity contribution < 1.29 is 0 Å². The summed E-state index contributed by atoms with van der Waals surface area (Å²) in [6.45, 7) is 0. The smallest absolute Gasteiger partial charge is 0.0462 e. The van der Waals surface area contributed by atoms with Crippen LogP contribution < -0.4 is 9.80 Å². The zero-order chi connectivity index (χ0) is 33.0. The molecule has 0 atom stereocenters. The summed E-state index contributed by atoms with van der Waals surface area (Å²) in [4.78, 5) is 4.37. The van der Waals surface area contributed by atoms with Gasteiger partial charge in [-0.2, -0.15) is 0 Å². The van der Waals surface area contributed by atoms with Crippen LogP contribution >= 0.6 is 46.4 Å². The average Bonchev–Trinajstić information content (AvgIpc) is 3.12. The Bertz CT molecular complexity index is 1860. The molecule has 0 aliphatic carbocycles. The van der Waals surface area contributed by atoms with Crippen molar-refractivity contribution in [3.63, 3.8) is 0 Å². The molecule has 0 aliphatic heterocycles. The standard InChI is InChI=1S/C42H28Cl4N2/c43-33-9-21-39(22-10-33)47(40-23-11-34(44)12-24-40)37-17-5-31(6-18-37)29-1-2-30(4-3-29)32-7-19-38(20-8-32)48(41-25-13-35(45)14-26-41)42-27-15-36(46)16-28-42/h1-28H. The Balaban J connectivity index is 1.13. The summed E-state index contributed by atoms with van der Waals surface area (Å²) in [5.41, 5.74) is 10.7. The average molecular weight is 703 g/mol. The van der Waals surface area contributed by atoms with E-state index < -0.39 is 0 Å². The van der Waals surface area contributed by atoms with Crippen LogP contribution in [0, 0.1) is 0 Å². The van der Waals surface area contributed by atoms with Crippen molar-refractivity contribution in [1.82, 2.24) is 0 Å². The monoisotopic (exact) mass is 700 g/mol. The van der Waals surface area contributed by atoms with Gasteiger partial charge in [-0.15, -0.1) is 0 Å². The fourth-order valence-corrected chi connectivity index (χ4v) is 6.22. The Labute approximate surface area is 301 Å². The first kappa shape index (κ1) is 31.9. The maximum atomic E-state index is 6.20. The van der Waals surface area contributed by atoms with Crippen LogP contribution in [-0.2, 0) is 0 Å². The number of rotatable bonds is 8. The molecular weight excluding hydrogens is 674 g/mol. The van der Waals surface area contributed by atoms with Crippen molar-refractivity contribution >= 4 is 80.5 Å². The fourth-order valence-electron chi connectivity index (χ4n) is 5.72. The van der Waals surface area contributed by atoms with Crippen LogP contribution in [0.1, 0.15) is 0 Å². The molecule has 2 nitrogen and oxygen atoms in total. The van der Waals surface area contributed by atoms with Crippen molar-refractivity contribution in [3.05, 3.63) is 190 Å². The Morgan fingerprint density at radius 2 is 0.354 bits per heavy atom. The van der Waals surface area contributed by atoms with Crippen molar-refractivity contribution in [1.29, 1.82) is 0 Å². The van der Waals surface area contributed by atoms with Gasteiger partial charge in [-0.1, -0.05) is 94.9 Å². The third-order valence-corrected chi connectivity index (χ3v) is 9.15. The van der Waals surface area contributed by atoms with E-state index in [0.717, 1.165) is 56.4 Å². The van der Waals surface area contributed by atoms with Crippen LogP contribution in [-0.4, -0.2) is 0 Å². The second-order valence-electron chi connectivity index (χ2n) is 11.2. The molecule has 0 unspecified atom stereocenters. The van der Waals surface area contributed by atoms with E-state index in [9.17, 15) is 0 Å². The molecule has 0 radical (unpaired) electrons. The summed E-state index contributed by atoms with van der Waals surface area (Å²) in [6, 6.07) is 57.2. The number of anilines is 6. The second kappa shape index (κ2) is 14.2. The normalized spacial score (nSPS) is 10.9. The number of benzene rings is 7. The predicted molar refractivity (Wildman–Crippen MR) is 207 cm³/mol. The van der Waals surface area contributed by atoms with Crippen LogP contribution in [0.2, 0.25) is 20.1 Å². The van der Waals surface area contributed by atoms with E-state index in [1.807, 2.05) is 97.1 Å². The van der Waals surface area contributed by atoms with E-state index in [1.54, 1.807) is 0 Å². The van der Waals surface area contributed by atoms with E-state index in [0.29, 0.717) is 20.1 Å². The third-order valence-electron chi connectivity index (χ3n) is 8.14. The van der Waals surface area contributed by atoms with Crippen LogP contribution in [0.5, 0.6) is 0 Å². The highest BCUT2D eigenvalue weighted by Gasteiger charge is 2.15. The van der Waals surface area contributed by atoms with Gasteiger partial charge in [-0.25, -0.2) is 0 Å². The van der Waals surface area contributed by atoms with E-state index in [1.165, 1.54) is 0 Å². The third kappa shape index (κ3) is 7.08. The molecule has 7 aromatic carbocycles. The maximum Gasteiger partial charge on any atom is 0.0462 e. The molecule has 7 rings (SSSR count). The molecule has 0 amide bonds. The molecule has 48 heavy (non-hydrogen) atoms. The van der Waals surface area contributed by atoms with Crippen LogP contribution in [0.4, 0.5) is 34.1 Å². The van der Waals surface area contributed by atoms with E-state index in [2.05, 4.69) is 82.6 Å². The van der Waals surface area contributed by atoms with Gasteiger partial charge in [-0.3, -0.25) is 0 Å². The van der Waals surface area contributed by atoms with Crippen molar-refractivity contribution in [2.75, 3.05) is 9.80 Å². The predicted octanol–water partition coefficient (Wildman–Crippen LogP) is 14.6. The lowest BCUT2D eigenvalue weighted by Crippen LogP contribution is -2.09. The van der Waals surface area contributed by atoms with Gasteiger partial charge in [0.15, 0.2) is 0 Å². The highest BCUT2D eigenvalue weighted by Crippen LogP contribution is 2.38. The minimum absolute atomic E-state index is 0.697. The first-order valence-electron chi connectivity index (χ1n) is 15.3. The minimum Gasteiger partial charge on any atom is -0.311 e. The van der Waals surface area contributed by atoms with Crippen molar-refractivity contribution in [3.8, 4) is 22.3 Å². The molecule has 0 fully saturated rings. The Morgan fingerprint density at radius 1 is 0.208 bits per heavy atom. The molecule has 0 N–H and O–H groups in total. The summed E-state index contributed by atoms with van der Waals surface area (Å²) < 4.78 is 0. The molecule has 0 aromatic heterocycles. The highest BCUT2D eigenvalue weighted by molar-refractivity contribution is 6.31. The summed E-state index contributed by atoms with van der Waals surface area (Å²) in [6.07, 6.45) is 0. The zero-order valence-electron chi connectivity index (χ0n) is 25.6. The number of hydrogen-bond donors (Lipinski definition) is 0. The topological polar surface area (TPSA) is 6.48 Å². The molecule has 0 saturated heterocycles. The zero-order valence-corrected chi connectivity index (χ0v) is 28.6. The SMILES string of the molecule is Clc1ccc(N(c2ccc(Cl)cc2)c2ccc(-c3ccc(-c4ccc(N(c5ccc(Cl)cc5)c5ccc(Cl)cc5)cc4)cc3)cc2)cc1. The molecule has 0 heterocycles. The molecule has 7 aromatic rings. The molecule has 6 heteroatoms. The molecule has 0 spiro atoms. The Morgan fingerprint density at radius 3 is 0.542 bits per heavy atom. The van der Waals surface area contributed by atoms with Crippen LogP contribution in [0.3, 0.4) is 0 Å². The first-order valence-corrected chi connectivity index (χ1v) is 16.9. The lowest BCUT2D eigenvalue weighted by molar-refractivity contribution is 1.28.